The predicted octanol–water partition coefficient (Wildman–Crippen LogP) is 2.90. The zero-order valence-electron chi connectivity index (χ0n) is 14.2. The van der Waals surface area contributed by atoms with Crippen molar-refractivity contribution >= 4 is 11.9 Å². The molecule has 1 aliphatic rings. The van der Waals surface area contributed by atoms with Crippen LogP contribution in [0.15, 0.2) is 36.8 Å². The second-order valence-electron chi connectivity index (χ2n) is 6.37. The molecule has 7 heteroatoms. The van der Waals surface area contributed by atoms with Crippen molar-refractivity contribution in [1.82, 2.24) is 19.9 Å². The Labute approximate surface area is 146 Å². The van der Waals surface area contributed by atoms with Crippen molar-refractivity contribution in [3.8, 4) is 11.3 Å². The van der Waals surface area contributed by atoms with Crippen LogP contribution in [0.3, 0.4) is 0 Å². The van der Waals surface area contributed by atoms with Gasteiger partial charge >= 0.3 is 6.03 Å². The minimum absolute atomic E-state index is 0.102. The first-order valence-electron chi connectivity index (χ1n) is 8.46. The minimum Gasteiger partial charge on any atom is -0.324 e. The van der Waals surface area contributed by atoms with E-state index in [-0.39, 0.29) is 12.1 Å². The minimum atomic E-state index is -0.589. The largest absolute Gasteiger partial charge is 0.329 e. The summed E-state index contributed by atoms with van der Waals surface area (Å²) in [6, 6.07) is 6.89. The number of carbonyl (C=O) groups excluding carboxylic acids is 2. The van der Waals surface area contributed by atoms with E-state index >= 15 is 0 Å². The number of imidazole rings is 1. The number of hydrogen-bond acceptors (Lipinski definition) is 4. The van der Waals surface area contributed by atoms with Gasteiger partial charge in [-0.05, 0) is 25.0 Å². The molecular formula is C18H22N4O3. The van der Waals surface area contributed by atoms with Crippen molar-refractivity contribution in [1.29, 1.82) is 0 Å². The molecule has 2 amide bonds. The van der Waals surface area contributed by atoms with Crippen LogP contribution in [-0.4, -0.2) is 44.7 Å². The highest BCUT2D eigenvalue weighted by Gasteiger charge is 2.23. The van der Waals surface area contributed by atoms with Gasteiger partial charge in [-0.3, -0.25) is 14.6 Å². The lowest BCUT2D eigenvalue weighted by Gasteiger charge is -2.31. The predicted molar refractivity (Wildman–Crippen MR) is 92.3 cm³/mol. The summed E-state index contributed by atoms with van der Waals surface area (Å²) in [7, 11) is 1.84. The van der Waals surface area contributed by atoms with Crippen molar-refractivity contribution in [2.75, 3.05) is 7.05 Å². The molecule has 0 spiro atoms. The summed E-state index contributed by atoms with van der Waals surface area (Å²) in [4.78, 5) is 30.3. The Morgan fingerprint density at radius 2 is 2.04 bits per heavy atom. The van der Waals surface area contributed by atoms with Crippen LogP contribution < -0.4 is 5.48 Å². The number of rotatable bonds is 3. The Bertz CT molecular complexity index is 765. The fraction of sp³-hybridized carbons (Fsp3) is 0.389. The average Bonchev–Trinajstić information content (AvgIpc) is 3.17. The zero-order chi connectivity index (χ0) is 17.8. The van der Waals surface area contributed by atoms with Crippen LogP contribution in [0.5, 0.6) is 0 Å². The monoisotopic (exact) mass is 342 g/mol. The molecule has 2 aromatic rings. The van der Waals surface area contributed by atoms with Gasteiger partial charge in [0.25, 0.3) is 5.91 Å². The highest BCUT2D eigenvalue weighted by atomic mass is 16.5. The molecule has 0 atom stereocenters. The first kappa shape index (κ1) is 17.2. The van der Waals surface area contributed by atoms with Gasteiger partial charge in [-0.1, -0.05) is 31.4 Å². The summed E-state index contributed by atoms with van der Waals surface area (Å²) in [5.74, 6) is -0.589. The van der Waals surface area contributed by atoms with E-state index in [1.165, 1.54) is 17.3 Å². The van der Waals surface area contributed by atoms with E-state index in [0.29, 0.717) is 16.8 Å². The van der Waals surface area contributed by atoms with Gasteiger partial charge in [0.1, 0.15) is 6.33 Å². The number of benzene rings is 1. The normalized spacial score (nSPS) is 15.0. The fourth-order valence-electron chi connectivity index (χ4n) is 3.27. The van der Waals surface area contributed by atoms with Gasteiger partial charge in [0.15, 0.2) is 0 Å². The molecule has 1 fully saturated rings. The summed E-state index contributed by atoms with van der Waals surface area (Å²) in [5.41, 5.74) is 3.23. The third-order valence-corrected chi connectivity index (χ3v) is 4.75. The number of hydrogen-bond donors (Lipinski definition) is 2. The van der Waals surface area contributed by atoms with Gasteiger partial charge in [-0.15, -0.1) is 0 Å². The van der Waals surface area contributed by atoms with Crippen molar-refractivity contribution < 1.29 is 14.8 Å². The smallest absolute Gasteiger partial charge is 0.324 e. The van der Waals surface area contributed by atoms with Gasteiger partial charge in [0, 0.05) is 30.4 Å². The molecule has 0 unspecified atom stereocenters. The van der Waals surface area contributed by atoms with Gasteiger partial charge in [0.2, 0.25) is 0 Å². The van der Waals surface area contributed by atoms with Crippen LogP contribution in [0.4, 0.5) is 4.79 Å². The molecule has 0 bridgehead atoms. The lowest BCUT2D eigenvalue weighted by Crippen LogP contribution is -2.40. The summed E-state index contributed by atoms with van der Waals surface area (Å²) in [6.07, 6.45) is 8.82. The second-order valence-corrected chi connectivity index (χ2v) is 6.37. The van der Waals surface area contributed by atoms with Crippen molar-refractivity contribution in [2.45, 2.75) is 38.1 Å². The second kappa shape index (κ2) is 7.48. The number of hydroxylamine groups is 1. The van der Waals surface area contributed by atoms with E-state index in [4.69, 9.17) is 5.21 Å². The SMILES string of the molecule is CN(C(=O)n1cnc(-c2cccc(C(=O)NO)c2)c1)C1CCCCC1. The number of nitrogens with zero attached hydrogens (tertiary/aromatic N) is 3. The van der Waals surface area contributed by atoms with Crippen LogP contribution in [0.25, 0.3) is 11.3 Å². The van der Waals surface area contributed by atoms with Crippen LogP contribution in [0.1, 0.15) is 42.5 Å². The summed E-state index contributed by atoms with van der Waals surface area (Å²) in [6.45, 7) is 0. The van der Waals surface area contributed by atoms with Crippen molar-refractivity contribution in [3.63, 3.8) is 0 Å². The standard InChI is InChI=1S/C18H22N4O3/c1-21(15-8-3-2-4-9-15)18(24)22-11-16(19-12-22)13-6-5-7-14(10-13)17(23)20-25/h5-7,10-12,15,25H,2-4,8-9H2,1H3,(H,20,23). The first-order chi connectivity index (χ1) is 12.1. The average molecular weight is 342 g/mol. The van der Waals surface area contributed by atoms with E-state index in [1.54, 1.807) is 40.8 Å². The zero-order valence-corrected chi connectivity index (χ0v) is 14.2. The van der Waals surface area contributed by atoms with E-state index in [0.717, 1.165) is 25.7 Å². The van der Waals surface area contributed by atoms with E-state index in [2.05, 4.69) is 4.98 Å². The first-order valence-corrected chi connectivity index (χ1v) is 8.46. The van der Waals surface area contributed by atoms with Crippen LogP contribution in [0, 0.1) is 0 Å². The Morgan fingerprint density at radius 3 is 2.76 bits per heavy atom. The molecule has 0 aliphatic heterocycles. The maximum Gasteiger partial charge on any atom is 0.329 e. The number of carbonyl (C=O) groups is 2. The summed E-state index contributed by atoms with van der Waals surface area (Å²) >= 11 is 0. The van der Waals surface area contributed by atoms with Crippen LogP contribution in [0.2, 0.25) is 0 Å². The Morgan fingerprint density at radius 1 is 1.28 bits per heavy atom. The lowest BCUT2D eigenvalue weighted by molar-refractivity contribution is 0.0706. The highest BCUT2D eigenvalue weighted by molar-refractivity contribution is 5.94. The quantitative estimate of drug-likeness (QED) is 0.663. The third kappa shape index (κ3) is 3.71. The summed E-state index contributed by atoms with van der Waals surface area (Å²) in [5, 5.41) is 8.74. The third-order valence-electron chi connectivity index (χ3n) is 4.75. The van der Waals surface area contributed by atoms with Crippen LogP contribution in [-0.2, 0) is 0 Å². The number of aromatic nitrogens is 2. The lowest BCUT2D eigenvalue weighted by atomic mass is 9.95. The van der Waals surface area contributed by atoms with E-state index in [1.807, 2.05) is 7.05 Å². The molecule has 2 N–H and O–H groups in total. The molecule has 3 rings (SSSR count). The van der Waals surface area contributed by atoms with E-state index in [9.17, 15) is 9.59 Å². The Kier molecular flexibility index (Phi) is 5.14. The molecule has 1 saturated carbocycles. The topological polar surface area (TPSA) is 87.5 Å². The Balaban J connectivity index is 1.78. The summed E-state index contributed by atoms with van der Waals surface area (Å²) < 4.78 is 1.47. The molecule has 0 radical (unpaired) electrons. The highest BCUT2D eigenvalue weighted by Crippen LogP contribution is 2.23. The van der Waals surface area contributed by atoms with Crippen LogP contribution >= 0.6 is 0 Å². The number of amides is 2. The molecule has 1 aromatic heterocycles. The maximum atomic E-state index is 12.7. The molecule has 1 heterocycles. The van der Waals surface area contributed by atoms with Crippen molar-refractivity contribution in [3.05, 3.63) is 42.4 Å². The molecule has 132 valence electrons. The van der Waals surface area contributed by atoms with Gasteiger partial charge in [0.05, 0.1) is 5.69 Å². The maximum absolute atomic E-state index is 12.7. The van der Waals surface area contributed by atoms with Gasteiger partial charge in [-0.2, -0.15) is 0 Å². The molecule has 0 saturated heterocycles. The van der Waals surface area contributed by atoms with Gasteiger partial charge < -0.3 is 4.90 Å². The molecule has 1 aromatic carbocycles. The number of nitrogens with one attached hydrogen (secondary N) is 1. The fourth-order valence-corrected chi connectivity index (χ4v) is 3.27. The molecule has 25 heavy (non-hydrogen) atoms. The molecule has 7 nitrogen and oxygen atoms in total. The Hall–Kier alpha value is -2.67. The van der Waals surface area contributed by atoms with E-state index < -0.39 is 5.91 Å². The molecular weight excluding hydrogens is 320 g/mol. The molecule has 1 aliphatic carbocycles. The van der Waals surface area contributed by atoms with Crippen molar-refractivity contribution in [2.24, 2.45) is 0 Å². The van der Waals surface area contributed by atoms with Gasteiger partial charge in [-0.25, -0.2) is 15.3 Å².